The molecule has 0 saturated carbocycles. The molecule has 5 heteroatoms. The Labute approximate surface area is 86.0 Å². The summed E-state index contributed by atoms with van der Waals surface area (Å²) in [7, 11) is -3.41. The third kappa shape index (κ3) is 4.72. The van der Waals surface area contributed by atoms with Crippen molar-refractivity contribution in [3.63, 3.8) is 0 Å². The largest absolute Gasteiger partial charge is 0.377 e. The molecular formula is C9H19NO3S. The minimum absolute atomic E-state index is 0.0770. The maximum absolute atomic E-state index is 11.4. The second kappa shape index (κ2) is 5.46. The van der Waals surface area contributed by atoms with Gasteiger partial charge in [0, 0.05) is 5.71 Å². The van der Waals surface area contributed by atoms with Crippen molar-refractivity contribution in [3.8, 4) is 0 Å². The Kier molecular flexibility index (Phi) is 5.29. The van der Waals surface area contributed by atoms with Crippen LogP contribution in [0.25, 0.3) is 0 Å². The lowest BCUT2D eigenvalue weighted by Crippen LogP contribution is -2.27. The summed E-state index contributed by atoms with van der Waals surface area (Å²) < 4.78 is 22.7. The zero-order valence-corrected chi connectivity index (χ0v) is 10.0. The van der Waals surface area contributed by atoms with Crippen molar-refractivity contribution in [2.24, 2.45) is 4.99 Å². The highest BCUT2D eigenvalue weighted by Gasteiger charge is 2.22. The second-order valence-electron chi connectivity index (χ2n) is 3.57. The normalized spacial score (nSPS) is 16.1. The van der Waals surface area contributed by atoms with Crippen molar-refractivity contribution in [1.29, 1.82) is 0 Å². The molecule has 0 rings (SSSR count). The Balaban J connectivity index is 4.56. The zero-order chi connectivity index (χ0) is 11.4. The van der Waals surface area contributed by atoms with E-state index in [4.69, 9.17) is 5.11 Å². The van der Waals surface area contributed by atoms with Gasteiger partial charge in [-0.1, -0.05) is 6.92 Å². The second-order valence-corrected chi connectivity index (χ2v) is 5.91. The van der Waals surface area contributed by atoms with E-state index in [1.165, 1.54) is 6.92 Å². The summed E-state index contributed by atoms with van der Waals surface area (Å²) in [5.74, 6) is -0.0770. The standard InChI is InChI=1S/C9H19NO3S/c1-5-9(10-7(2)3)6-14(12,13)8(4)11/h8-9,11H,5-6H2,1-4H3. The van der Waals surface area contributed by atoms with E-state index in [1.807, 2.05) is 20.8 Å². The van der Waals surface area contributed by atoms with Crippen LogP contribution in [-0.4, -0.2) is 36.5 Å². The fourth-order valence-electron chi connectivity index (χ4n) is 1.02. The maximum atomic E-state index is 11.4. The first-order valence-corrected chi connectivity index (χ1v) is 6.41. The summed E-state index contributed by atoms with van der Waals surface area (Å²) in [6.45, 7) is 6.81. The number of rotatable bonds is 5. The third-order valence-electron chi connectivity index (χ3n) is 1.86. The minimum atomic E-state index is -3.41. The molecule has 84 valence electrons. The highest BCUT2D eigenvalue weighted by Crippen LogP contribution is 2.07. The lowest BCUT2D eigenvalue weighted by atomic mass is 10.3. The van der Waals surface area contributed by atoms with Gasteiger partial charge in [-0.25, -0.2) is 8.42 Å². The SMILES string of the molecule is CCC(CS(=O)(=O)C(C)O)N=C(C)C. The van der Waals surface area contributed by atoms with Crippen LogP contribution in [0.2, 0.25) is 0 Å². The minimum Gasteiger partial charge on any atom is -0.377 e. The van der Waals surface area contributed by atoms with E-state index in [0.29, 0.717) is 6.42 Å². The number of hydrogen-bond acceptors (Lipinski definition) is 4. The van der Waals surface area contributed by atoms with Crippen molar-refractivity contribution in [2.45, 2.75) is 45.6 Å². The number of aliphatic hydroxyl groups excluding tert-OH is 1. The maximum Gasteiger partial charge on any atom is 0.178 e. The van der Waals surface area contributed by atoms with Crippen LogP contribution in [0.15, 0.2) is 4.99 Å². The molecule has 0 fully saturated rings. The van der Waals surface area contributed by atoms with E-state index < -0.39 is 15.3 Å². The average molecular weight is 221 g/mol. The molecule has 0 aromatic heterocycles. The van der Waals surface area contributed by atoms with Gasteiger partial charge in [-0.2, -0.15) is 0 Å². The number of aliphatic hydroxyl groups is 1. The number of nitrogens with zero attached hydrogens (tertiary/aromatic N) is 1. The average Bonchev–Trinajstić information content (AvgIpc) is 2.01. The molecular weight excluding hydrogens is 202 g/mol. The van der Waals surface area contributed by atoms with Crippen LogP contribution >= 0.6 is 0 Å². The zero-order valence-electron chi connectivity index (χ0n) is 9.19. The molecule has 0 saturated heterocycles. The molecule has 0 bridgehead atoms. The van der Waals surface area contributed by atoms with Gasteiger partial charge in [0.1, 0.15) is 0 Å². The topological polar surface area (TPSA) is 66.7 Å². The molecule has 0 aromatic carbocycles. The van der Waals surface area contributed by atoms with Crippen LogP contribution in [0.1, 0.15) is 34.1 Å². The van der Waals surface area contributed by atoms with Crippen LogP contribution < -0.4 is 0 Å². The van der Waals surface area contributed by atoms with Gasteiger partial charge in [-0.3, -0.25) is 4.99 Å². The Morgan fingerprint density at radius 1 is 1.43 bits per heavy atom. The van der Waals surface area contributed by atoms with Crippen molar-refractivity contribution < 1.29 is 13.5 Å². The van der Waals surface area contributed by atoms with E-state index >= 15 is 0 Å². The molecule has 0 aliphatic carbocycles. The highest BCUT2D eigenvalue weighted by molar-refractivity contribution is 7.91. The molecule has 0 aliphatic heterocycles. The molecule has 0 amide bonds. The van der Waals surface area contributed by atoms with E-state index in [-0.39, 0.29) is 11.8 Å². The Morgan fingerprint density at radius 2 is 1.93 bits per heavy atom. The molecule has 0 aromatic rings. The van der Waals surface area contributed by atoms with Gasteiger partial charge < -0.3 is 5.11 Å². The molecule has 0 radical (unpaired) electrons. The van der Waals surface area contributed by atoms with E-state index in [0.717, 1.165) is 5.71 Å². The predicted octanol–water partition coefficient (Wildman–Crippen LogP) is 0.999. The van der Waals surface area contributed by atoms with E-state index in [9.17, 15) is 8.42 Å². The summed E-state index contributed by atoms with van der Waals surface area (Å²) in [5, 5.41) is 9.02. The van der Waals surface area contributed by atoms with Crippen molar-refractivity contribution >= 4 is 15.5 Å². The summed E-state index contributed by atoms with van der Waals surface area (Å²) in [5.41, 5.74) is -0.443. The van der Waals surface area contributed by atoms with E-state index in [1.54, 1.807) is 0 Å². The van der Waals surface area contributed by atoms with Gasteiger partial charge in [0.2, 0.25) is 0 Å². The molecule has 1 N–H and O–H groups in total. The van der Waals surface area contributed by atoms with Crippen LogP contribution in [0.5, 0.6) is 0 Å². The molecule has 14 heavy (non-hydrogen) atoms. The van der Waals surface area contributed by atoms with Gasteiger partial charge >= 0.3 is 0 Å². The molecule has 0 spiro atoms. The molecule has 2 atom stereocenters. The fraction of sp³-hybridized carbons (Fsp3) is 0.889. The Bertz CT molecular complexity index is 289. The van der Waals surface area contributed by atoms with Crippen LogP contribution in [0.3, 0.4) is 0 Å². The summed E-state index contributed by atoms with van der Waals surface area (Å²) in [6, 6.07) is -0.236. The summed E-state index contributed by atoms with van der Waals surface area (Å²) in [4.78, 5) is 4.19. The summed E-state index contributed by atoms with van der Waals surface area (Å²) >= 11 is 0. The first kappa shape index (κ1) is 13.6. The molecule has 0 heterocycles. The van der Waals surface area contributed by atoms with Crippen molar-refractivity contribution in [2.75, 3.05) is 5.75 Å². The Hall–Kier alpha value is -0.420. The first-order valence-electron chi connectivity index (χ1n) is 4.70. The molecule has 0 aliphatic rings. The van der Waals surface area contributed by atoms with E-state index in [2.05, 4.69) is 4.99 Å². The van der Waals surface area contributed by atoms with Crippen LogP contribution in [0, 0.1) is 0 Å². The van der Waals surface area contributed by atoms with Gasteiger partial charge in [-0.05, 0) is 27.2 Å². The van der Waals surface area contributed by atoms with Gasteiger partial charge in [-0.15, -0.1) is 0 Å². The quantitative estimate of drug-likeness (QED) is 0.704. The van der Waals surface area contributed by atoms with Gasteiger partial charge in [0.25, 0.3) is 0 Å². The number of aliphatic imine (C=N–C) groups is 1. The number of hydrogen-bond donors (Lipinski definition) is 1. The van der Waals surface area contributed by atoms with Crippen molar-refractivity contribution in [1.82, 2.24) is 0 Å². The van der Waals surface area contributed by atoms with Crippen molar-refractivity contribution in [3.05, 3.63) is 0 Å². The van der Waals surface area contributed by atoms with Crippen LogP contribution in [0.4, 0.5) is 0 Å². The smallest absolute Gasteiger partial charge is 0.178 e. The Morgan fingerprint density at radius 3 is 2.21 bits per heavy atom. The third-order valence-corrected chi connectivity index (χ3v) is 3.75. The monoisotopic (exact) mass is 221 g/mol. The summed E-state index contributed by atoms with van der Waals surface area (Å²) in [6.07, 6.45) is 0.664. The lowest BCUT2D eigenvalue weighted by molar-refractivity contribution is 0.268. The fourth-order valence-corrected chi connectivity index (χ4v) is 2.14. The molecule has 2 unspecified atom stereocenters. The van der Waals surface area contributed by atoms with Gasteiger partial charge in [0.05, 0.1) is 11.8 Å². The highest BCUT2D eigenvalue weighted by atomic mass is 32.2. The lowest BCUT2D eigenvalue weighted by Gasteiger charge is -2.12. The van der Waals surface area contributed by atoms with Crippen LogP contribution in [-0.2, 0) is 9.84 Å². The predicted molar refractivity (Wildman–Crippen MR) is 58.3 cm³/mol. The van der Waals surface area contributed by atoms with Gasteiger partial charge in [0.15, 0.2) is 15.3 Å². The number of sulfone groups is 1. The molecule has 4 nitrogen and oxygen atoms in total. The first-order chi connectivity index (χ1) is 6.29.